The first-order valence-corrected chi connectivity index (χ1v) is 6.80. The Balaban J connectivity index is 2.48. The minimum Gasteiger partial charge on any atom is -0.494 e. The Morgan fingerprint density at radius 3 is 2.60 bits per heavy atom. The van der Waals surface area contributed by atoms with Crippen molar-refractivity contribution in [2.45, 2.75) is 33.3 Å². The maximum absolute atomic E-state index is 12.3. The minimum absolute atomic E-state index is 0.362. The van der Waals surface area contributed by atoms with E-state index in [1.54, 1.807) is 4.57 Å². The maximum atomic E-state index is 12.3. The van der Waals surface area contributed by atoms with Crippen molar-refractivity contribution in [1.82, 2.24) is 4.57 Å². The number of benzene rings is 1. The quantitative estimate of drug-likeness (QED) is 0.786. The molecule has 0 aliphatic heterocycles. The molecule has 0 aliphatic rings. The highest BCUT2D eigenvalue weighted by molar-refractivity contribution is 6.34. The van der Waals surface area contributed by atoms with Gasteiger partial charge in [0.1, 0.15) is 11.4 Å². The Kier molecular flexibility index (Phi) is 3.79. The van der Waals surface area contributed by atoms with E-state index >= 15 is 0 Å². The summed E-state index contributed by atoms with van der Waals surface area (Å²) in [5.41, 5.74) is 1.14. The van der Waals surface area contributed by atoms with Crippen LogP contribution in [0.1, 0.15) is 27.7 Å². The zero-order valence-electron chi connectivity index (χ0n) is 12.7. The third kappa shape index (κ3) is 2.98. The summed E-state index contributed by atoms with van der Waals surface area (Å²) in [5.74, 6) is 0.753. The highest BCUT2D eigenvalue weighted by atomic mass is 16.6. The Hall–Kier alpha value is -1.91. The van der Waals surface area contributed by atoms with E-state index in [1.807, 2.05) is 59.8 Å². The van der Waals surface area contributed by atoms with Crippen LogP contribution in [0.2, 0.25) is 0 Å². The Labute approximate surface area is 120 Å². The molecule has 2 aromatic rings. The van der Waals surface area contributed by atoms with Crippen LogP contribution in [-0.2, 0) is 4.74 Å². The summed E-state index contributed by atoms with van der Waals surface area (Å²) in [6.45, 7) is 8.10. The van der Waals surface area contributed by atoms with Gasteiger partial charge in [-0.3, -0.25) is 4.57 Å². The molecule has 1 aromatic carbocycles. The van der Waals surface area contributed by atoms with Crippen molar-refractivity contribution in [1.29, 1.82) is 0 Å². The molecule has 2 rings (SSSR count). The summed E-state index contributed by atoms with van der Waals surface area (Å²) >= 11 is 0. The lowest BCUT2D eigenvalue weighted by Gasteiger charge is -2.20. The molecule has 0 atom stereocenters. The summed E-state index contributed by atoms with van der Waals surface area (Å²) < 4.78 is 12.5. The normalized spacial score (nSPS) is 11.6. The lowest BCUT2D eigenvalue weighted by atomic mass is 10.1. The smallest absolute Gasteiger partial charge is 0.418 e. The van der Waals surface area contributed by atoms with Crippen molar-refractivity contribution in [3.05, 3.63) is 24.3 Å². The zero-order valence-corrected chi connectivity index (χ0v) is 12.7. The van der Waals surface area contributed by atoms with Crippen molar-refractivity contribution >= 4 is 30.4 Å². The van der Waals surface area contributed by atoms with Crippen molar-refractivity contribution in [2.75, 3.05) is 6.61 Å². The Morgan fingerprint density at radius 2 is 2.00 bits per heavy atom. The highest BCUT2D eigenvalue weighted by Gasteiger charge is 2.20. The van der Waals surface area contributed by atoms with Crippen molar-refractivity contribution in [3.8, 4) is 5.75 Å². The van der Waals surface area contributed by atoms with Crippen LogP contribution in [0.15, 0.2) is 24.3 Å². The number of nitrogens with zero attached hydrogens (tertiary/aromatic N) is 1. The van der Waals surface area contributed by atoms with E-state index in [-0.39, 0.29) is 6.09 Å². The molecule has 1 aromatic heterocycles. The van der Waals surface area contributed by atoms with Gasteiger partial charge < -0.3 is 9.47 Å². The van der Waals surface area contributed by atoms with Gasteiger partial charge >= 0.3 is 6.09 Å². The van der Waals surface area contributed by atoms with Gasteiger partial charge in [0, 0.05) is 6.07 Å². The van der Waals surface area contributed by atoms with E-state index in [4.69, 9.17) is 9.47 Å². The predicted molar refractivity (Wildman–Crippen MR) is 82.9 cm³/mol. The van der Waals surface area contributed by atoms with Crippen LogP contribution in [0.4, 0.5) is 4.79 Å². The Bertz CT molecular complexity index is 640. The Morgan fingerprint density at radius 1 is 1.30 bits per heavy atom. The van der Waals surface area contributed by atoms with Gasteiger partial charge in [-0.25, -0.2) is 4.79 Å². The van der Waals surface area contributed by atoms with E-state index in [0.717, 1.165) is 22.2 Å². The molecule has 0 fully saturated rings. The molecule has 0 N–H and O–H groups in total. The van der Waals surface area contributed by atoms with Crippen LogP contribution in [0.5, 0.6) is 5.75 Å². The number of fused-ring (bicyclic) bond motifs is 1. The van der Waals surface area contributed by atoms with E-state index in [2.05, 4.69) is 0 Å². The van der Waals surface area contributed by atoms with Crippen molar-refractivity contribution in [3.63, 3.8) is 0 Å². The third-order valence-electron chi connectivity index (χ3n) is 2.85. The second kappa shape index (κ2) is 5.23. The first-order chi connectivity index (χ1) is 9.31. The van der Waals surface area contributed by atoms with Gasteiger partial charge in [-0.05, 0) is 56.9 Å². The second-order valence-corrected chi connectivity index (χ2v) is 5.76. The molecule has 0 radical (unpaired) electrons. The van der Waals surface area contributed by atoms with Crippen LogP contribution in [0.3, 0.4) is 0 Å². The topological polar surface area (TPSA) is 40.5 Å². The highest BCUT2D eigenvalue weighted by Crippen LogP contribution is 2.22. The number of ether oxygens (including phenoxy) is 2. The van der Waals surface area contributed by atoms with Crippen LogP contribution >= 0.6 is 0 Å². The first kappa shape index (κ1) is 14.5. The van der Waals surface area contributed by atoms with Crippen LogP contribution in [-0.4, -0.2) is 30.7 Å². The van der Waals surface area contributed by atoms with Crippen LogP contribution in [0.25, 0.3) is 10.9 Å². The van der Waals surface area contributed by atoms with Gasteiger partial charge in [0.25, 0.3) is 0 Å². The summed E-state index contributed by atoms with van der Waals surface area (Å²) in [6.07, 6.45) is -0.362. The number of hydrogen-bond acceptors (Lipinski definition) is 3. The summed E-state index contributed by atoms with van der Waals surface area (Å²) in [7, 11) is 1.89. The van der Waals surface area contributed by atoms with Gasteiger partial charge in [0.15, 0.2) is 7.85 Å². The second-order valence-electron chi connectivity index (χ2n) is 5.76. The fourth-order valence-electron chi connectivity index (χ4n) is 2.13. The average molecular weight is 273 g/mol. The largest absolute Gasteiger partial charge is 0.494 e. The van der Waals surface area contributed by atoms with Gasteiger partial charge in [-0.15, -0.1) is 0 Å². The molecule has 0 bridgehead atoms. The number of carbonyl (C=O) groups excluding carboxylic acids is 1. The van der Waals surface area contributed by atoms with Crippen molar-refractivity contribution < 1.29 is 14.3 Å². The van der Waals surface area contributed by atoms with Crippen molar-refractivity contribution in [2.24, 2.45) is 0 Å². The molecule has 5 heteroatoms. The molecular weight excluding hydrogens is 253 g/mol. The molecule has 0 unspecified atom stereocenters. The standard InChI is InChI=1S/C15H20BNO3/c1-5-19-11-7-6-10-8-13(16)17(12(10)9-11)14(18)20-15(2,3)4/h6-9H,5,16H2,1-4H3. The zero-order chi connectivity index (χ0) is 14.9. The fraction of sp³-hybridized carbons (Fsp3) is 0.400. The fourth-order valence-corrected chi connectivity index (χ4v) is 2.13. The molecule has 106 valence electrons. The van der Waals surface area contributed by atoms with Crippen LogP contribution < -0.4 is 10.3 Å². The molecular formula is C15H20BNO3. The van der Waals surface area contributed by atoms with Gasteiger partial charge in [-0.1, -0.05) is 0 Å². The summed E-state index contributed by atoms with van der Waals surface area (Å²) in [4.78, 5) is 12.3. The minimum atomic E-state index is -0.516. The molecule has 1 heterocycles. The van der Waals surface area contributed by atoms with E-state index in [9.17, 15) is 4.79 Å². The third-order valence-corrected chi connectivity index (χ3v) is 2.85. The van der Waals surface area contributed by atoms with Crippen LogP contribution in [0, 0.1) is 0 Å². The lowest BCUT2D eigenvalue weighted by Crippen LogP contribution is -2.32. The molecule has 20 heavy (non-hydrogen) atoms. The number of rotatable bonds is 2. The predicted octanol–water partition coefficient (Wildman–Crippen LogP) is 2.08. The summed E-state index contributed by atoms with van der Waals surface area (Å²) in [6, 6.07) is 7.70. The lowest BCUT2D eigenvalue weighted by molar-refractivity contribution is 0.0549. The van der Waals surface area contributed by atoms with E-state index < -0.39 is 5.60 Å². The van der Waals surface area contributed by atoms with Gasteiger partial charge in [0.05, 0.1) is 12.1 Å². The number of aromatic nitrogens is 1. The molecule has 0 spiro atoms. The first-order valence-electron chi connectivity index (χ1n) is 6.80. The molecule has 0 aliphatic carbocycles. The molecule has 0 amide bonds. The molecule has 0 saturated carbocycles. The monoisotopic (exact) mass is 273 g/mol. The molecule has 0 saturated heterocycles. The SMILES string of the molecule is Bc1cc2ccc(OCC)cc2n1C(=O)OC(C)(C)C. The van der Waals surface area contributed by atoms with Gasteiger partial charge in [0.2, 0.25) is 0 Å². The van der Waals surface area contributed by atoms with E-state index in [1.165, 1.54) is 0 Å². The maximum Gasteiger partial charge on any atom is 0.418 e. The summed E-state index contributed by atoms with van der Waals surface area (Å²) in [5, 5.41) is 0.997. The average Bonchev–Trinajstić information content (AvgIpc) is 2.62. The number of carbonyl (C=O) groups is 1. The van der Waals surface area contributed by atoms with E-state index in [0.29, 0.717) is 6.61 Å². The number of hydrogen-bond donors (Lipinski definition) is 0. The molecule has 4 nitrogen and oxygen atoms in total. The van der Waals surface area contributed by atoms with Gasteiger partial charge in [-0.2, -0.15) is 0 Å².